The van der Waals surface area contributed by atoms with Gasteiger partial charge in [0.25, 0.3) is 5.91 Å². The van der Waals surface area contributed by atoms with Crippen LogP contribution in [0.1, 0.15) is 48.7 Å². The number of hydrogen-bond donors (Lipinski definition) is 1. The van der Waals surface area contributed by atoms with Gasteiger partial charge in [-0.25, -0.2) is 0 Å². The van der Waals surface area contributed by atoms with E-state index in [2.05, 4.69) is 11.9 Å². The number of nitrogens with two attached hydrogens (primary N) is 1. The standard InChI is InChI=1S/C12H18N2O/c1-2-3-4-5-7-10-8-6-9-14-11(10)12(13)15/h6,8-9H,2-5,7H2,1H3,(H2,13,15). The van der Waals surface area contributed by atoms with Crippen LogP contribution in [0.4, 0.5) is 0 Å². The van der Waals surface area contributed by atoms with Crippen LogP contribution in [0.25, 0.3) is 0 Å². The van der Waals surface area contributed by atoms with Gasteiger partial charge < -0.3 is 5.73 Å². The second kappa shape index (κ2) is 6.17. The zero-order valence-electron chi connectivity index (χ0n) is 9.20. The van der Waals surface area contributed by atoms with Gasteiger partial charge in [-0.2, -0.15) is 0 Å². The largest absolute Gasteiger partial charge is 0.364 e. The fourth-order valence-electron chi connectivity index (χ4n) is 1.60. The summed E-state index contributed by atoms with van der Waals surface area (Å²) in [5, 5.41) is 0. The molecule has 0 spiro atoms. The maximum Gasteiger partial charge on any atom is 0.267 e. The lowest BCUT2D eigenvalue weighted by Crippen LogP contribution is -2.15. The number of nitrogens with zero attached hydrogens (tertiary/aromatic N) is 1. The van der Waals surface area contributed by atoms with Gasteiger partial charge in [0, 0.05) is 6.20 Å². The summed E-state index contributed by atoms with van der Waals surface area (Å²) < 4.78 is 0. The molecule has 2 N–H and O–H groups in total. The number of aromatic nitrogens is 1. The van der Waals surface area contributed by atoms with E-state index in [4.69, 9.17) is 5.73 Å². The number of primary amides is 1. The molecular weight excluding hydrogens is 188 g/mol. The molecule has 0 atom stereocenters. The summed E-state index contributed by atoms with van der Waals surface area (Å²) in [5.41, 5.74) is 6.64. The fraction of sp³-hybridized carbons (Fsp3) is 0.500. The van der Waals surface area contributed by atoms with Gasteiger partial charge in [-0.05, 0) is 24.5 Å². The van der Waals surface area contributed by atoms with Crippen molar-refractivity contribution in [2.75, 3.05) is 0 Å². The van der Waals surface area contributed by atoms with Crippen LogP contribution in [0.15, 0.2) is 18.3 Å². The molecule has 1 aromatic rings. The second-order valence-corrected chi connectivity index (χ2v) is 3.69. The quantitative estimate of drug-likeness (QED) is 0.726. The molecule has 0 aliphatic heterocycles. The SMILES string of the molecule is CCCCCCc1cccnc1C(N)=O. The lowest BCUT2D eigenvalue weighted by Gasteiger charge is -2.04. The Balaban J connectivity index is 2.56. The molecule has 0 radical (unpaired) electrons. The van der Waals surface area contributed by atoms with Crippen LogP contribution in [0.3, 0.4) is 0 Å². The maximum absolute atomic E-state index is 11.1. The highest BCUT2D eigenvalue weighted by molar-refractivity contribution is 5.92. The van der Waals surface area contributed by atoms with Crippen LogP contribution >= 0.6 is 0 Å². The first kappa shape index (κ1) is 11.7. The van der Waals surface area contributed by atoms with Crippen LogP contribution in [0.2, 0.25) is 0 Å². The molecule has 0 saturated heterocycles. The maximum atomic E-state index is 11.1. The van der Waals surface area contributed by atoms with Gasteiger partial charge in [0.1, 0.15) is 5.69 Å². The van der Waals surface area contributed by atoms with Crippen LogP contribution < -0.4 is 5.73 Å². The summed E-state index contributed by atoms with van der Waals surface area (Å²) >= 11 is 0. The summed E-state index contributed by atoms with van der Waals surface area (Å²) in [6.45, 7) is 2.18. The zero-order valence-corrected chi connectivity index (χ0v) is 9.20. The number of carbonyl (C=O) groups is 1. The molecule has 0 saturated carbocycles. The molecule has 0 fully saturated rings. The Morgan fingerprint density at radius 1 is 1.40 bits per heavy atom. The van der Waals surface area contributed by atoms with E-state index in [1.807, 2.05) is 12.1 Å². The minimum atomic E-state index is -0.430. The number of aryl methyl sites for hydroxylation is 1. The molecule has 1 amide bonds. The van der Waals surface area contributed by atoms with Gasteiger partial charge in [-0.15, -0.1) is 0 Å². The van der Waals surface area contributed by atoms with Gasteiger partial charge in [0.05, 0.1) is 0 Å². The van der Waals surface area contributed by atoms with Crippen molar-refractivity contribution >= 4 is 5.91 Å². The van der Waals surface area contributed by atoms with Crippen molar-refractivity contribution < 1.29 is 4.79 Å². The number of unbranched alkanes of at least 4 members (excludes halogenated alkanes) is 3. The number of carbonyl (C=O) groups excluding carboxylic acids is 1. The molecular formula is C12H18N2O. The van der Waals surface area contributed by atoms with Crippen molar-refractivity contribution in [1.29, 1.82) is 0 Å². The first-order chi connectivity index (χ1) is 7.25. The normalized spacial score (nSPS) is 10.2. The highest BCUT2D eigenvalue weighted by atomic mass is 16.1. The average Bonchev–Trinajstić information content (AvgIpc) is 2.25. The first-order valence-corrected chi connectivity index (χ1v) is 5.49. The van der Waals surface area contributed by atoms with E-state index in [1.54, 1.807) is 6.20 Å². The second-order valence-electron chi connectivity index (χ2n) is 3.69. The van der Waals surface area contributed by atoms with Gasteiger partial charge in [-0.3, -0.25) is 9.78 Å². The van der Waals surface area contributed by atoms with E-state index in [-0.39, 0.29) is 0 Å². The van der Waals surface area contributed by atoms with E-state index in [0.29, 0.717) is 5.69 Å². The molecule has 0 unspecified atom stereocenters. The third-order valence-corrected chi connectivity index (χ3v) is 2.42. The average molecular weight is 206 g/mol. The summed E-state index contributed by atoms with van der Waals surface area (Å²) in [7, 11) is 0. The van der Waals surface area contributed by atoms with E-state index in [0.717, 1.165) is 18.4 Å². The van der Waals surface area contributed by atoms with Crippen LogP contribution in [-0.2, 0) is 6.42 Å². The zero-order chi connectivity index (χ0) is 11.1. The van der Waals surface area contributed by atoms with Crippen molar-refractivity contribution in [2.45, 2.75) is 39.0 Å². The summed E-state index contributed by atoms with van der Waals surface area (Å²) in [6.07, 6.45) is 7.26. The molecule has 15 heavy (non-hydrogen) atoms. The van der Waals surface area contributed by atoms with Crippen molar-refractivity contribution in [3.8, 4) is 0 Å². The minimum absolute atomic E-state index is 0.425. The number of pyridine rings is 1. The lowest BCUT2D eigenvalue weighted by molar-refractivity contribution is 0.0994. The molecule has 0 aromatic carbocycles. The highest BCUT2D eigenvalue weighted by Crippen LogP contribution is 2.10. The van der Waals surface area contributed by atoms with E-state index < -0.39 is 5.91 Å². The van der Waals surface area contributed by atoms with Crippen molar-refractivity contribution in [3.63, 3.8) is 0 Å². The summed E-state index contributed by atoms with van der Waals surface area (Å²) in [4.78, 5) is 15.1. The third kappa shape index (κ3) is 3.70. The van der Waals surface area contributed by atoms with Gasteiger partial charge in [0.2, 0.25) is 0 Å². The highest BCUT2D eigenvalue weighted by Gasteiger charge is 2.07. The molecule has 0 bridgehead atoms. The first-order valence-electron chi connectivity index (χ1n) is 5.49. The molecule has 1 aromatic heterocycles. The smallest absolute Gasteiger partial charge is 0.267 e. The molecule has 0 aliphatic carbocycles. The van der Waals surface area contributed by atoms with Crippen LogP contribution in [-0.4, -0.2) is 10.9 Å². The molecule has 3 nitrogen and oxygen atoms in total. The Labute approximate surface area is 90.7 Å². The van der Waals surface area contributed by atoms with Crippen molar-refractivity contribution in [2.24, 2.45) is 5.73 Å². The Bertz CT molecular complexity index is 323. The summed E-state index contributed by atoms with van der Waals surface area (Å²) in [6, 6.07) is 3.78. The van der Waals surface area contributed by atoms with Gasteiger partial charge >= 0.3 is 0 Å². The Morgan fingerprint density at radius 2 is 2.20 bits per heavy atom. The van der Waals surface area contributed by atoms with Crippen LogP contribution in [0, 0.1) is 0 Å². The predicted molar refractivity (Wildman–Crippen MR) is 60.6 cm³/mol. The van der Waals surface area contributed by atoms with Gasteiger partial charge in [-0.1, -0.05) is 32.3 Å². The Kier molecular flexibility index (Phi) is 4.81. The van der Waals surface area contributed by atoms with Gasteiger partial charge in [0.15, 0.2) is 0 Å². The lowest BCUT2D eigenvalue weighted by atomic mass is 10.0. The topological polar surface area (TPSA) is 56.0 Å². The monoisotopic (exact) mass is 206 g/mol. The van der Waals surface area contributed by atoms with E-state index in [9.17, 15) is 4.79 Å². The molecule has 0 aliphatic rings. The Hall–Kier alpha value is -1.38. The molecule has 1 rings (SSSR count). The van der Waals surface area contributed by atoms with E-state index in [1.165, 1.54) is 19.3 Å². The van der Waals surface area contributed by atoms with Crippen molar-refractivity contribution in [3.05, 3.63) is 29.6 Å². The van der Waals surface area contributed by atoms with Crippen molar-refractivity contribution in [1.82, 2.24) is 4.98 Å². The van der Waals surface area contributed by atoms with E-state index >= 15 is 0 Å². The molecule has 3 heteroatoms. The number of amides is 1. The molecule has 82 valence electrons. The van der Waals surface area contributed by atoms with Crippen LogP contribution in [0.5, 0.6) is 0 Å². The summed E-state index contributed by atoms with van der Waals surface area (Å²) in [5.74, 6) is -0.430. The minimum Gasteiger partial charge on any atom is -0.364 e. The molecule has 1 heterocycles. The third-order valence-electron chi connectivity index (χ3n) is 2.42. The Morgan fingerprint density at radius 3 is 2.87 bits per heavy atom. The number of hydrogen-bond acceptors (Lipinski definition) is 2. The fourth-order valence-corrected chi connectivity index (χ4v) is 1.60. The number of rotatable bonds is 6. The predicted octanol–water partition coefficient (Wildman–Crippen LogP) is 2.30.